The number of amides is 1. The van der Waals surface area contributed by atoms with E-state index in [1.54, 1.807) is 11.8 Å². The van der Waals surface area contributed by atoms with Crippen LogP contribution in [0.4, 0.5) is 0 Å². The number of rotatable bonds is 8. The molecule has 0 radical (unpaired) electrons. The number of nitrogens with one attached hydrogen (secondary N) is 1. The maximum absolute atomic E-state index is 12.8. The molecule has 0 aromatic heterocycles. The fourth-order valence-electron chi connectivity index (χ4n) is 3.98. The summed E-state index contributed by atoms with van der Waals surface area (Å²) in [7, 11) is 0. The Hall–Kier alpha value is -2.79. The lowest BCUT2D eigenvalue weighted by Crippen LogP contribution is -2.28. The molecule has 1 aliphatic heterocycles. The first-order valence-electron chi connectivity index (χ1n) is 11.5. The van der Waals surface area contributed by atoms with Crippen molar-refractivity contribution >= 4 is 23.4 Å². The number of benzene rings is 2. The zero-order valence-electron chi connectivity index (χ0n) is 18.8. The Morgan fingerprint density at radius 2 is 1.88 bits per heavy atom. The Kier molecular flexibility index (Phi) is 7.48. The molecule has 0 saturated heterocycles. The average molecular weight is 447 g/mol. The summed E-state index contributed by atoms with van der Waals surface area (Å²) in [6.07, 6.45) is 6.38. The van der Waals surface area contributed by atoms with Crippen LogP contribution in [0, 0.1) is 0 Å². The number of aliphatic imine (C=N–C) groups is 1. The van der Waals surface area contributed by atoms with Gasteiger partial charge in [-0.2, -0.15) is 0 Å². The number of thioether (sulfide) groups is 1. The van der Waals surface area contributed by atoms with Crippen LogP contribution in [-0.4, -0.2) is 24.8 Å². The van der Waals surface area contributed by atoms with E-state index in [-0.39, 0.29) is 5.91 Å². The summed E-state index contributed by atoms with van der Waals surface area (Å²) in [4.78, 5) is 20.4. The molecule has 166 valence electrons. The summed E-state index contributed by atoms with van der Waals surface area (Å²) in [6.45, 7) is 5.43. The molecule has 1 heterocycles. The quantitative estimate of drug-likeness (QED) is 0.535. The number of hydrogen-bond acceptors (Lipinski definition) is 4. The predicted molar refractivity (Wildman–Crippen MR) is 132 cm³/mol. The fraction of sp³-hybridized carbons (Fsp3) is 0.333. The minimum atomic E-state index is 0.0153. The van der Waals surface area contributed by atoms with Crippen LogP contribution in [0.1, 0.15) is 50.7 Å². The number of nitrogens with zero attached hydrogens (tertiary/aromatic N) is 1. The second-order valence-electron chi connectivity index (χ2n) is 7.97. The first-order chi connectivity index (χ1) is 15.7. The molecule has 0 saturated carbocycles. The van der Waals surface area contributed by atoms with Crippen LogP contribution in [0.25, 0.3) is 0 Å². The molecule has 0 fully saturated rings. The van der Waals surface area contributed by atoms with Gasteiger partial charge >= 0.3 is 0 Å². The third kappa shape index (κ3) is 5.33. The number of hydrogen-bond donors (Lipinski definition) is 1. The van der Waals surface area contributed by atoms with Crippen LogP contribution in [-0.2, 0) is 11.2 Å². The van der Waals surface area contributed by atoms with E-state index in [2.05, 4.69) is 48.6 Å². The molecule has 2 aromatic carbocycles. The number of allylic oxidation sites excluding steroid dienone is 2. The van der Waals surface area contributed by atoms with Gasteiger partial charge in [0.2, 0.25) is 5.91 Å². The van der Waals surface area contributed by atoms with E-state index in [1.807, 2.05) is 25.1 Å². The van der Waals surface area contributed by atoms with Crippen LogP contribution in [0.3, 0.4) is 0 Å². The van der Waals surface area contributed by atoms with Gasteiger partial charge in [0.25, 0.3) is 0 Å². The molecule has 1 amide bonds. The van der Waals surface area contributed by atoms with Gasteiger partial charge in [-0.25, -0.2) is 0 Å². The Morgan fingerprint density at radius 1 is 1.06 bits per heavy atom. The largest absolute Gasteiger partial charge is 0.494 e. The second-order valence-corrected chi connectivity index (χ2v) is 9.10. The van der Waals surface area contributed by atoms with Crippen LogP contribution in [0.2, 0.25) is 0 Å². The summed E-state index contributed by atoms with van der Waals surface area (Å²) in [6, 6.07) is 16.6. The van der Waals surface area contributed by atoms with E-state index >= 15 is 0 Å². The molecule has 4 rings (SSSR count). The molecular formula is C27H30N2O2S. The number of ether oxygens (including phenoxy) is 1. The molecular weight excluding hydrogens is 416 g/mol. The Bertz CT molecular complexity index is 1070. The van der Waals surface area contributed by atoms with Crippen molar-refractivity contribution in [1.29, 1.82) is 0 Å². The van der Waals surface area contributed by atoms with E-state index in [9.17, 15) is 4.79 Å². The SMILES string of the molecule is CCCC1=NC2=C(CCC(C(=O)NCCc3ccc(OCC)cc3)=C2)Sc2ccccc21. The van der Waals surface area contributed by atoms with Crippen LogP contribution >= 0.6 is 11.8 Å². The van der Waals surface area contributed by atoms with E-state index in [1.165, 1.54) is 20.9 Å². The van der Waals surface area contributed by atoms with E-state index < -0.39 is 0 Å². The van der Waals surface area contributed by atoms with E-state index in [4.69, 9.17) is 9.73 Å². The lowest BCUT2D eigenvalue weighted by Gasteiger charge is -2.17. The molecule has 5 heteroatoms. The third-order valence-electron chi connectivity index (χ3n) is 5.62. The van der Waals surface area contributed by atoms with E-state index in [0.29, 0.717) is 13.2 Å². The minimum Gasteiger partial charge on any atom is -0.494 e. The maximum Gasteiger partial charge on any atom is 0.247 e. The van der Waals surface area contributed by atoms with Crippen LogP contribution < -0.4 is 10.1 Å². The number of carbonyl (C=O) groups is 1. The molecule has 32 heavy (non-hydrogen) atoms. The molecule has 0 atom stereocenters. The standard InChI is InChI=1S/C27H30N2O2S/c1-3-7-23-22-8-5-6-9-25(22)32-26-15-12-20(18-24(26)29-23)27(30)28-17-16-19-10-13-21(14-11-19)31-4-2/h5-6,8-11,13-14,18H,3-4,7,12,15-17H2,1-2H3,(H,28,30). The topological polar surface area (TPSA) is 50.7 Å². The van der Waals surface area contributed by atoms with Crippen LogP contribution in [0.5, 0.6) is 5.75 Å². The van der Waals surface area contributed by atoms with Crippen molar-refractivity contribution in [2.24, 2.45) is 4.99 Å². The van der Waals surface area contributed by atoms with Gasteiger partial charge in [-0.3, -0.25) is 9.79 Å². The highest BCUT2D eigenvalue weighted by molar-refractivity contribution is 8.03. The maximum atomic E-state index is 12.8. The molecule has 2 aliphatic rings. The summed E-state index contributed by atoms with van der Waals surface area (Å²) < 4.78 is 5.48. The highest BCUT2D eigenvalue weighted by Crippen LogP contribution is 2.41. The Balaban J connectivity index is 1.43. The zero-order valence-corrected chi connectivity index (χ0v) is 19.6. The van der Waals surface area contributed by atoms with Gasteiger partial charge in [-0.1, -0.05) is 55.4 Å². The van der Waals surface area contributed by atoms with Gasteiger partial charge < -0.3 is 10.1 Å². The molecule has 1 N–H and O–H groups in total. The summed E-state index contributed by atoms with van der Waals surface area (Å²) >= 11 is 1.80. The van der Waals surface area contributed by atoms with Gasteiger partial charge in [0, 0.05) is 33.2 Å². The van der Waals surface area contributed by atoms with Crippen molar-refractivity contribution in [2.45, 2.75) is 50.8 Å². The average Bonchev–Trinajstić information content (AvgIpc) is 2.96. The van der Waals surface area contributed by atoms with Gasteiger partial charge in [0.15, 0.2) is 0 Å². The molecule has 4 nitrogen and oxygen atoms in total. The molecule has 0 unspecified atom stereocenters. The second kappa shape index (κ2) is 10.7. The number of carbonyl (C=O) groups excluding carboxylic acids is 1. The predicted octanol–water partition coefficient (Wildman–Crippen LogP) is 6.07. The van der Waals surface area contributed by atoms with Crippen LogP contribution in [0.15, 0.2) is 80.7 Å². The van der Waals surface area contributed by atoms with Gasteiger partial charge in [-0.05, 0) is 62.4 Å². The van der Waals surface area contributed by atoms with Gasteiger partial charge in [-0.15, -0.1) is 0 Å². The fourth-order valence-corrected chi connectivity index (χ4v) is 5.10. The smallest absolute Gasteiger partial charge is 0.247 e. The third-order valence-corrected chi connectivity index (χ3v) is 6.85. The Morgan fingerprint density at radius 3 is 2.66 bits per heavy atom. The van der Waals surface area contributed by atoms with Gasteiger partial charge in [0.1, 0.15) is 5.75 Å². The molecule has 1 aliphatic carbocycles. The minimum absolute atomic E-state index is 0.0153. The van der Waals surface area contributed by atoms with E-state index in [0.717, 1.165) is 54.8 Å². The van der Waals surface area contributed by atoms with Crippen molar-refractivity contribution in [3.63, 3.8) is 0 Å². The van der Waals surface area contributed by atoms with Crippen molar-refractivity contribution < 1.29 is 9.53 Å². The highest BCUT2D eigenvalue weighted by atomic mass is 32.2. The zero-order chi connectivity index (χ0) is 22.3. The summed E-state index contributed by atoms with van der Waals surface area (Å²) in [5.41, 5.74) is 5.31. The molecule has 0 spiro atoms. The lowest BCUT2D eigenvalue weighted by atomic mass is 10.0. The molecule has 2 aromatic rings. The lowest BCUT2D eigenvalue weighted by molar-refractivity contribution is -0.117. The van der Waals surface area contributed by atoms with Crippen molar-refractivity contribution in [3.05, 3.63) is 81.9 Å². The first kappa shape index (κ1) is 22.4. The first-order valence-corrected chi connectivity index (χ1v) is 12.3. The Labute approximate surface area is 194 Å². The molecule has 0 bridgehead atoms. The normalized spacial score (nSPS) is 15.2. The summed E-state index contributed by atoms with van der Waals surface area (Å²) in [5, 5.41) is 3.09. The van der Waals surface area contributed by atoms with Crippen molar-refractivity contribution in [1.82, 2.24) is 5.32 Å². The van der Waals surface area contributed by atoms with Crippen molar-refractivity contribution in [2.75, 3.05) is 13.2 Å². The monoisotopic (exact) mass is 446 g/mol. The highest BCUT2D eigenvalue weighted by Gasteiger charge is 2.23. The van der Waals surface area contributed by atoms with Gasteiger partial charge in [0.05, 0.1) is 12.3 Å². The number of fused-ring (bicyclic) bond motifs is 1. The summed E-state index contributed by atoms with van der Waals surface area (Å²) in [5.74, 6) is 0.893. The van der Waals surface area contributed by atoms with Crippen molar-refractivity contribution in [3.8, 4) is 5.75 Å².